The second-order valence-corrected chi connectivity index (χ2v) is 9.77. The summed E-state index contributed by atoms with van der Waals surface area (Å²) < 4.78 is 10.9. The number of hydrogen-bond acceptors (Lipinski definition) is 6. The normalized spacial score (nSPS) is 17.7. The molecule has 1 aliphatic carbocycles. The Morgan fingerprint density at radius 2 is 1.72 bits per heavy atom. The van der Waals surface area contributed by atoms with E-state index < -0.39 is 5.97 Å². The lowest BCUT2D eigenvalue weighted by Gasteiger charge is -2.27. The van der Waals surface area contributed by atoms with Gasteiger partial charge in [0.25, 0.3) is 0 Å². The predicted molar refractivity (Wildman–Crippen MR) is 145 cm³/mol. The minimum Gasteiger partial charge on any atom is -0.462 e. The quantitative estimate of drug-likeness (QED) is 0.118. The molecule has 36 heavy (non-hydrogen) atoms. The fourth-order valence-corrected chi connectivity index (χ4v) is 4.71. The van der Waals surface area contributed by atoms with Crippen LogP contribution in [0.3, 0.4) is 0 Å². The molecule has 0 aromatic heterocycles. The Balaban J connectivity index is 1.36. The summed E-state index contributed by atoms with van der Waals surface area (Å²) in [6.07, 6.45) is 14.2. The van der Waals surface area contributed by atoms with Crippen molar-refractivity contribution in [1.29, 1.82) is 0 Å². The number of nitrogen functional groups attached to an aromatic ring is 2. The molecule has 6 nitrogen and oxygen atoms in total. The first-order valence-electron chi connectivity index (χ1n) is 13.2. The van der Waals surface area contributed by atoms with Crippen LogP contribution in [-0.4, -0.2) is 18.5 Å². The average Bonchev–Trinajstić information content (AvgIpc) is 2.88. The maximum absolute atomic E-state index is 12.6. The van der Waals surface area contributed by atoms with Crippen molar-refractivity contribution in [3.63, 3.8) is 0 Å². The SMILES string of the molecule is CCCCCCC1CCC(C(=O)Oc2ccc(/C=C/C(=O)OCCc3ccc(N)cc3N)cc2)CC1. The lowest BCUT2D eigenvalue weighted by Crippen LogP contribution is -2.25. The molecule has 0 aliphatic heterocycles. The van der Waals surface area contributed by atoms with Crippen molar-refractivity contribution in [3.05, 3.63) is 59.7 Å². The Morgan fingerprint density at radius 3 is 2.42 bits per heavy atom. The van der Waals surface area contributed by atoms with Crippen LogP contribution in [0, 0.1) is 11.8 Å². The number of benzene rings is 2. The smallest absolute Gasteiger partial charge is 0.330 e. The van der Waals surface area contributed by atoms with Crippen molar-refractivity contribution < 1.29 is 19.1 Å². The van der Waals surface area contributed by atoms with Gasteiger partial charge in [0.2, 0.25) is 0 Å². The second-order valence-electron chi connectivity index (χ2n) is 9.77. The van der Waals surface area contributed by atoms with Crippen LogP contribution in [0.15, 0.2) is 48.5 Å². The van der Waals surface area contributed by atoms with E-state index in [0.29, 0.717) is 23.5 Å². The molecule has 2 aromatic carbocycles. The molecule has 1 fully saturated rings. The van der Waals surface area contributed by atoms with Gasteiger partial charge >= 0.3 is 11.9 Å². The van der Waals surface area contributed by atoms with Crippen LogP contribution in [0.1, 0.15) is 75.8 Å². The molecule has 4 N–H and O–H groups in total. The van der Waals surface area contributed by atoms with Gasteiger partial charge in [0.1, 0.15) is 5.75 Å². The number of anilines is 2. The van der Waals surface area contributed by atoms with E-state index in [1.165, 1.54) is 38.2 Å². The third-order valence-electron chi connectivity index (χ3n) is 6.94. The molecular formula is C30H40N2O4. The van der Waals surface area contributed by atoms with Crippen LogP contribution in [0.5, 0.6) is 5.75 Å². The molecule has 0 atom stereocenters. The molecule has 6 heteroatoms. The molecule has 194 valence electrons. The van der Waals surface area contributed by atoms with Gasteiger partial charge in [0, 0.05) is 23.9 Å². The van der Waals surface area contributed by atoms with Crippen LogP contribution < -0.4 is 16.2 Å². The molecule has 0 spiro atoms. The van der Waals surface area contributed by atoms with Gasteiger partial charge in [-0.05, 0) is 73.1 Å². The lowest BCUT2D eigenvalue weighted by atomic mass is 9.80. The van der Waals surface area contributed by atoms with Crippen LogP contribution in [0.4, 0.5) is 11.4 Å². The largest absolute Gasteiger partial charge is 0.462 e. The number of rotatable bonds is 12. The average molecular weight is 493 g/mol. The van der Waals surface area contributed by atoms with E-state index in [1.807, 2.05) is 18.2 Å². The van der Waals surface area contributed by atoms with Crippen LogP contribution in [-0.2, 0) is 20.7 Å². The standard InChI is InChI=1S/C30H40N2O4/c1-2-3-4-5-6-22-7-12-25(13-8-22)30(34)36-27-16-9-23(10-17-27)11-18-29(33)35-20-19-24-14-15-26(31)21-28(24)32/h9-11,14-18,21-22,25H,2-8,12-13,19-20,31-32H2,1H3/b18-11+. The summed E-state index contributed by atoms with van der Waals surface area (Å²) in [4.78, 5) is 24.6. The van der Waals surface area contributed by atoms with E-state index in [4.69, 9.17) is 20.9 Å². The molecule has 0 radical (unpaired) electrons. The van der Waals surface area contributed by atoms with Crippen molar-refractivity contribution in [2.75, 3.05) is 18.1 Å². The molecular weight excluding hydrogens is 452 g/mol. The predicted octanol–water partition coefficient (Wildman–Crippen LogP) is 6.33. The lowest BCUT2D eigenvalue weighted by molar-refractivity contribution is -0.140. The van der Waals surface area contributed by atoms with E-state index in [0.717, 1.165) is 42.7 Å². The van der Waals surface area contributed by atoms with Crippen LogP contribution >= 0.6 is 0 Å². The molecule has 1 saturated carbocycles. The number of unbranched alkanes of at least 4 members (excludes halogenated alkanes) is 3. The van der Waals surface area contributed by atoms with Gasteiger partial charge in [-0.1, -0.05) is 57.2 Å². The van der Waals surface area contributed by atoms with Crippen LogP contribution in [0.2, 0.25) is 0 Å². The molecule has 0 bridgehead atoms. The zero-order valence-electron chi connectivity index (χ0n) is 21.4. The van der Waals surface area contributed by atoms with Crippen molar-refractivity contribution >= 4 is 29.4 Å². The summed E-state index contributed by atoms with van der Waals surface area (Å²) in [5.74, 6) is 0.727. The van der Waals surface area contributed by atoms with Gasteiger partial charge in [-0.15, -0.1) is 0 Å². The Labute approximate surface area is 215 Å². The molecule has 2 aromatic rings. The number of carbonyl (C=O) groups excluding carboxylic acids is 2. The maximum Gasteiger partial charge on any atom is 0.330 e. The van der Waals surface area contributed by atoms with Gasteiger partial charge in [-0.25, -0.2) is 4.79 Å². The maximum atomic E-state index is 12.6. The van der Waals surface area contributed by atoms with Crippen molar-refractivity contribution in [3.8, 4) is 5.75 Å². The van der Waals surface area contributed by atoms with E-state index >= 15 is 0 Å². The Bertz CT molecular complexity index is 1010. The summed E-state index contributed by atoms with van der Waals surface area (Å²) in [5.41, 5.74) is 14.5. The molecule has 0 unspecified atom stereocenters. The molecule has 0 amide bonds. The zero-order valence-corrected chi connectivity index (χ0v) is 21.4. The number of nitrogens with two attached hydrogens (primary N) is 2. The topological polar surface area (TPSA) is 105 Å². The second kappa shape index (κ2) is 14.3. The molecule has 0 heterocycles. The Hall–Kier alpha value is -3.28. The summed E-state index contributed by atoms with van der Waals surface area (Å²) in [6.45, 7) is 2.47. The van der Waals surface area contributed by atoms with E-state index in [-0.39, 0.29) is 18.5 Å². The van der Waals surface area contributed by atoms with Gasteiger partial charge in [0.15, 0.2) is 0 Å². The van der Waals surface area contributed by atoms with Crippen LogP contribution in [0.25, 0.3) is 6.08 Å². The highest BCUT2D eigenvalue weighted by Gasteiger charge is 2.27. The first-order chi connectivity index (χ1) is 17.4. The van der Waals surface area contributed by atoms with Gasteiger partial charge in [0.05, 0.1) is 12.5 Å². The summed E-state index contributed by atoms with van der Waals surface area (Å²) >= 11 is 0. The highest BCUT2D eigenvalue weighted by Crippen LogP contribution is 2.33. The van der Waals surface area contributed by atoms with Crippen molar-refractivity contribution in [1.82, 2.24) is 0 Å². The molecule has 3 rings (SSSR count). The summed E-state index contributed by atoms with van der Waals surface area (Å²) in [6, 6.07) is 12.4. The molecule has 1 aliphatic rings. The van der Waals surface area contributed by atoms with E-state index in [2.05, 4.69) is 6.92 Å². The molecule has 0 saturated heterocycles. The van der Waals surface area contributed by atoms with Crippen molar-refractivity contribution in [2.24, 2.45) is 11.8 Å². The zero-order chi connectivity index (χ0) is 25.8. The minimum absolute atomic E-state index is 0.00479. The number of hydrogen-bond donors (Lipinski definition) is 2. The summed E-state index contributed by atoms with van der Waals surface area (Å²) in [5, 5.41) is 0. The third kappa shape index (κ3) is 9.06. The Morgan fingerprint density at radius 1 is 0.972 bits per heavy atom. The summed E-state index contributed by atoms with van der Waals surface area (Å²) in [7, 11) is 0. The van der Waals surface area contributed by atoms with Gasteiger partial charge in [-0.3, -0.25) is 4.79 Å². The number of carbonyl (C=O) groups is 2. The van der Waals surface area contributed by atoms with Gasteiger partial charge < -0.3 is 20.9 Å². The highest BCUT2D eigenvalue weighted by molar-refractivity contribution is 5.87. The van der Waals surface area contributed by atoms with Crippen molar-refractivity contribution in [2.45, 2.75) is 71.1 Å². The number of esters is 2. The minimum atomic E-state index is -0.430. The first kappa shape index (κ1) is 27.3. The highest BCUT2D eigenvalue weighted by atomic mass is 16.5. The van der Waals surface area contributed by atoms with E-state index in [9.17, 15) is 9.59 Å². The Kier molecular flexibility index (Phi) is 10.9. The fourth-order valence-electron chi connectivity index (χ4n) is 4.71. The van der Waals surface area contributed by atoms with Gasteiger partial charge in [-0.2, -0.15) is 0 Å². The monoisotopic (exact) mass is 492 g/mol. The van der Waals surface area contributed by atoms with E-state index in [1.54, 1.807) is 30.3 Å². The first-order valence-corrected chi connectivity index (χ1v) is 13.2. The number of ether oxygens (including phenoxy) is 2. The fraction of sp³-hybridized carbons (Fsp3) is 0.467. The third-order valence-corrected chi connectivity index (χ3v) is 6.94.